The lowest BCUT2D eigenvalue weighted by atomic mass is 9.88. The van der Waals surface area contributed by atoms with Crippen LogP contribution in [0.2, 0.25) is 0 Å². The topological polar surface area (TPSA) is 70.0 Å². The lowest BCUT2D eigenvalue weighted by Crippen LogP contribution is -2.31. The highest BCUT2D eigenvalue weighted by molar-refractivity contribution is 5.78. The van der Waals surface area contributed by atoms with E-state index in [2.05, 4.69) is 5.32 Å². The van der Waals surface area contributed by atoms with Crippen LogP contribution in [0.25, 0.3) is 0 Å². The van der Waals surface area contributed by atoms with Crippen molar-refractivity contribution in [1.82, 2.24) is 5.32 Å². The van der Waals surface area contributed by atoms with Crippen LogP contribution in [0.5, 0.6) is 0 Å². The highest BCUT2D eigenvalue weighted by Crippen LogP contribution is 2.18. The summed E-state index contributed by atoms with van der Waals surface area (Å²) in [5.74, 6) is 0.355. The van der Waals surface area contributed by atoms with E-state index in [9.17, 15) is 9.59 Å². The Morgan fingerprint density at radius 1 is 1.47 bits per heavy atom. The molecular weight excluding hydrogens is 192 g/mol. The molecule has 0 saturated heterocycles. The summed E-state index contributed by atoms with van der Waals surface area (Å²) >= 11 is 0. The van der Waals surface area contributed by atoms with E-state index in [1.807, 2.05) is 19.9 Å². The van der Waals surface area contributed by atoms with Gasteiger partial charge in [0.2, 0.25) is 6.41 Å². The molecule has 4 heteroatoms. The number of nitrogens with one attached hydrogen (secondary N) is 1. The van der Waals surface area contributed by atoms with E-state index < -0.39 is 6.04 Å². The van der Waals surface area contributed by atoms with Crippen LogP contribution in [0.15, 0.2) is 0 Å². The first kappa shape index (κ1) is 13.6. The van der Waals surface area contributed by atoms with E-state index in [0.29, 0.717) is 18.7 Å². The molecule has 2 atom stereocenters. The van der Waals surface area contributed by atoms with Crippen molar-refractivity contribution < 1.29 is 9.59 Å². The lowest BCUT2D eigenvalue weighted by Gasteiger charge is -2.18. The van der Waals surface area contributed by atoms with Gasteiger partial charge in [-0.3, -0.25) is 9.59 Å². The second kappa shape index (κ2) is 6.99. The highest BCUT2D eigenvalue weighted by Gasteiger charge is 2.20. The Morgan fingerprint density at radius 3 is 2.40 bits per heavy atom. The average molecular weight is 210 g/mol. The Hall–Kier alpha value is -1.37. The second-order valence-electron chi connectivity index (χ2n) is 4.14. The van der Waals surface area contributed by atoms with Crippen molar-refractivity contribution in [3.8, 4) is 6.07 Å². The highest BCUT2D eigenvalue weighted by atomic mass is 16.1. The fraction of sp³-hybridized carbons (Fsp3) is 0.727. The quantitative estimate of drug-likeness (QED) is 0.643. The van der Waals surface area contributed by atoms with Gasteiger partial charge < -0.3 is 5.32 Å². The van der Waals surface area contributed by atoms with E-state index in [-0.39, 0.29) is 11.7 Å². The lowest BCUT2D eigenvalue weighted by molar-refractivity contribution is -0.121. The molecule has 1 N–H and O–H groups in total. The Morgan fingerprint density at radius 2 is 2.07 bits per heavy atom. The van der Waals surface area contributed by atoms with Crippen molar-refractivity contribution in [3.05, 3.63) is 0 Å². The van der Waals surface area contributed by atoms with Gasteiger partial charge in [-0.05, 0) is 25.7 Å². The number of nitrogens with zero attached hydrogens (tertiary/aromatic N) is 1. The van der Waals surface area contributed by atoms with Crippen molar-refractivity contribution in [2.24, 2.45) is 11.8 Å². The van der Waals surface area contributed by atoms with Crippen LogP contribution < -0.4 is 5.32 Å². The second-order valence-corrected chi connectivity index (χ2v) is 4.14. The third kappa shape index (κ3) is 5.84. The predicted octanol–water partition coefficient (Wildman–Crippen LogP) is 1.27. The van der Waals surface area contributed by atoms with Gasteiger partial charge >= 0.3 is 0 Å². The summed E-state index contributed by atoms with van der Waals surface area (Å²) in [5, 5.41) is 11.1. The minimum atomic E-state index is -0.560. The SMILES string of the molecule is CC(=O)C(CC(C)C)CC(C#N)NC=O. The van der Waals surface area contributed by atoms with E-state index in [0.717, 1.165) is 6.42 Å². The standard InChI is InChI=1S/C11H18N2O2/c1-8(2)4-10(9(3)15)5-11(6-12)13-7-14/h7-8,10-11H,4-5H2,1-3H3,(H,13,14). The molecule has 0 aromatic rings. The summed E-state index contributed by atoms with van der Waals surface area (Å²) in [4.78, 5) is 21.5. The number of carbonyl (C=O) groups is 2. The maximum absolute atomic E-state index is 11.3. The van der Waals surface area contributed by atoms with E-state index in [1.165, 1.54) is 6.92 Å². The van der Waals surface area contributed by atoms with Gasteiger partial charge in [-0.15, -0.1) is 0 Å². The molecule has 0 radical (unpaired) electrons. The summed E-state index contributed by atoms with van der Waals surface area (Å²) < 4.78 is 0. The summed E-state index contributed by atoms with van der Waals surface area (Å²) in [6.07, 6.45) is 1.66. The number of rotatable bonds is 7. The molecule has 0 heterocycles. The summed E-state index contributed by atoms with van der Waals surface area (Å²) in [6.45, 7) is 5.59. The third-order valence-electron chi connectivity index (χ3n) is 2.28. The van der Waals surface area contributed by atoms with Gasteiger partial charge in [-0.2, -0.15) is 5.26 Å². The molecule has 0 aromatic heterocycles. The number of nitriles is 1. The van der Waals surface area contributed by atoms with Gasteiger partial charge in [0.05, 0.1) is 6.07 Å². The number of ketones is 1. The Balaban J connectivity index is 4.32. The van der Waals surface area contributed by atoms with Crippen molar-refractivity contribution in [2.75, 3.05) is 0 Å². The zero-order chi connectivity index (χ0) is 11.8. The molecule has 0 aromatic carbocycles. The molecule has 0 fully saturated rings. The summed E-state index contributed by atoms with van der Waals surface area (Å²) in [6, 6.07) is 1.41. The Bertz CT molecular complexity index is 256. The Labute approximate surface area is 90.7 Å². The molecule has 15 heavy (non-hydrogen) atoms. The molecule has 1 amide bonds. The fourth-order valence-corrected chi connectivity index (χ4v) is 1.52. The normalized spacial score (nSPS) is 14.1. The molecule has 84 valence electrons. The molecule has 0 aliphatic carbocycles. The number of hydrogen-bond donors (Lipinski definition) is 1. The fourth-order valence-electron chi connectivity index (χ4n) is 1.52. The summed E-state index contributed by atoms with van der Waals surface area (Å²) in [7, 11) is 0. The van der Waals surface area contributed by atoms with Crippen molar-refractivity contribution in [2.45, 2.75) is 39.7 Å². The zero-order valence-electron chi connectivity index (χ0n) is 9.49. The molecule has 4 nitrogen and oxygen atoms in total. The minimum absolute atomic E-state index is 0.0802. The van der Waals surface area contributed by atoms with Crippen LogP contribution in [0, 0.1) is 23.2 Å². The van der Waals surface area contributed by atoms with Gasteiger partial charge in [0.1, 0.15) is 11.8 Å². The first-order chi connectivity index (χ1) is 7.01. The van der Waals surface area contributed by atoms with Gasteiger partial charge in [0.15, 0.2) is 0 Å². The molecule has 0 rings (SSSR count). The van der Waals surface area contributed by atoms with Crippen LogP contribution in [0.4, 0.5) is 0 Å². The number of hydrogen-bond acceptors (Lipinski definition) is 3. The number of Topliss-reactive ketones (excluding diaryl/α,β-unsaturated/α-hetero) is 1. The minimum Gasteiger partial charge on any atom is -0.343 e. The largest absolute Gasteiger partial charge is 0.343 e. The summed E-state index contributed by atoms with van der Waals surface area (Å²) in [5.41, 5.74) is 0. The van der Waals surface area contributed by atoms with Crippen LogP contribution >= 0.6 is 0 Å². The van der Waals surface area contributed by atoms with Gasteiger partial charge in [0.25, 0.3) is 0 Å². The molecule has 0 aliphatic rings. The van der Waals surface area contributed by atoms with Gasteiger partial charge in [-0.1, -0.05) is 13.8 Å². The van der Waals surface area contributed by atoms with Crippen LogP contribution in [0.3, 0.4) is 0 Å². The van der Waals surface area contributed by atoms with Crippen LogP contribution in [-0.2, 0) is 9.59 Å². The molecule has 0 spiro atoms. The maximum atomic E-state index is 11.3. The van der Waals surface area contributed by atoms with E-state index in [4.69, 9.17) is 5.26 Å². The van der Waals surface area contributed by atoms with Crippen molar-refractivity contribution in [3.63, 3.8) is 0 Å². The van der Waals surface area contributed by atoms with Crippen molar-refractivity contribution >= 4 is 12.2 Å². The molecule has 0 bridgehead atoms. The monoisotopic (exact) mass is 210 g/mol. The van der Waals surface area contributed by atoms with Crippen LogP contribution in [-0.4, -0.2) is 18.2 Å². The Kier molecular flexibility index (Phi) is 6.35. The third-order valence-corrected chi connectivity index (χ3v) is 2.28. The average Bonchev–Trinajstić information content (AvgIpc) is 2.14. The molecule has 2 unspecified atom stereocenters. The molecule has 0 aliphatic heterocycles. The van der Waals surface area contributed by atoms with Gasteiger partial charge in [0, 0.05) is 5.92 Å². The maximum Gasteiger partial charge on any atom is 0.208 e. The van der Waals surface area contributed by atoms with E-state index in [1.54, 1.807) is 0 Å². The van der Waals surface area contributed by atoms with Crippen molar-refractivity contribution in [1.29, 1.82) is 5.26 Å². The number of carbonyl (C=O) groups excluding carboxylic acids is 2. The van der Waals surface area contributed by atoms with E-state index >= 15 is 0 Å². The predicted molar refractivity (Wildman–Crippen MR) is 56.8 cm³/mol. The zero-order valence-corrected chi connectivity index (χ0v) is 9.49. The van der Waals surface area contributed by atoms with Gasteiger partial charge in [-0.25, -0.2) is 0 Å². The smallest absolute Gasteiger partial charge is 0.208 e. The first-order valence-corrected chi connectivity index (χ1v) is 5.11. The molecular formula is C11H18N2O2. The molecule has 0 saturated carbocycles. The van der Waals surface area contributed by atoms with Crippen LogP contribution in [0.1, 0.15) is 33.6 Å². The first-order valence-electron chi connectivity index (χ1n) is 5.11. The number of amides is 1.